The maximum Gasteiger partial charge on any atom is 0.238 e. The molecule has 28 heavy (non-hydrogen) atoms. The monoisotopic (exact) mass is 380 g/mol. The highest BCUT2D eigenvalue weighted by Crippen LogP contribution is 2.44. The van der Waals surface area contributed by atoms with Crippen molar-refractivity contribution in [3.8, 4) is 0 Å². The number of rotatable bonds is 8. The second kappa shape index (κ2) is 9.15. The predicted octanol–water partition coefficient (Wildman–Crippen LogP) is 3.24. The number of nitrogens with one attached hydrogen (secondary N) is 1. The summed E-state index contributed by atoms with van der Waals surface area (Å²) in [6.07, 6.45) is 1.01. The van der Waals surface area contributed by atoms with Crippen molar-refractivity contribution in [2.45, 2.75) is 44.2 Å². The van der Waals surface area contributed by atoms with Crippen molar-refractivity contribution < 1.29 is 15.0 Å². The number of benzene rings is 2. The third kappa shape index (κ3) is 3.87. The second-order valence-corrected chi connectivity index (χ2v) is 7.10. The lowest BCUT2D eigenvalue weighted by Gasteiger charge is -2.37. The minimum absolute atomic E-state index is 0.205. The molecule has 3 N–H and O–H groups in total. The SMILES string of the molecule is C=CCC(c1ccccc1)C(C(=O)NCCC)N1C(O)c2ccccc2C1O. The molecule has 2 aromatic carbocycles. The van der Waals surface area contributed by atoms with E-state index in [1.807, 2.05) is 49.4 Å². The van der Waals surface area contributed by atoms with Crippen LogP contribution in [0.3, 0.4) is 0 Å². The normalized spacial score (nSPS) is 21.0. The lowest BCUT2D eigenvalue weighted by atomic mass is 9.86. The van der Waals surface area contributed by atoms with Crippen LogP contribution >= 0.6 is 0 Å². The van der Waals surface area contributed by atoms with E-state index in [1.165, 1.54) is 4.90 Å². The van der Waals surface area contributed by atoms with Crippen molar-refractivity contribution in [2.75, 3.05) is 6.54 Å². The van der Waals surface area contributed by atoms with E-state index in [1.54, 1.807) is 18.2 Å². The van der Waals surface area contributed by atoms with Gasteiger partial charge in [-0.2, -0.15) is 0 Å². The summed E-state index contributed by atoms with van der Waals surface area (Å²) in [5.41, 5.74) is 2.23. The van der Waals surface area contributed by atoms with Gasteiger partial charge in [-0.25, -0.2) is 4.90 Å². The van der Waals surface area contributed by atoms with Crippen LogP contribution in [-0.2, 0) is 4.79 Å². The van der Waals surface area contributed by atoms with E-state index in [4.69, 9.17) is 0 Å². The average molecular weight is 380 g/mol. The van der Waals surface area contributed by atoms with Gasteiger partial charge in [0.25, 0.3) is 0 Å². The molecule has 148 valence electrons. The minimum atomic E-state index is -1.06. The number of amides is 1. The van der Waals surface area contributed by atoms with Crippen LogP contribution in [0.25, 0.3) is 0 Å². The molecule has 1 amide bonds. The van der Waals surface area contributed by atoms with Crippen molar-refractivity contribution in [2.24, 2.45) is 0 Å². The Kier molecular flexibility index (Phi) is 6.62. The Labute approximate surface area is 166 Å². The fraction of sp³-hybridized carbons (Fsp3) is 0.348. The average Bonchev–Trinajstić information content (AvgIpc) is 2.98. The Balaban J connectivity index is 2.04. The molecular formula is C23H28N2O3. The van der Waals surface area contributed by atoms with Crippen LogP contribution in [0.15, 0.2) is 67.3 Å². The number of hydrogen-bond acceptors (Lipinski definition) is 4. The zero-order valence-corrected chi connectivity index (χ0v) is 16.2. The van der Waals surface area contributed by atoms with E-state index in [0.717, 1.165) is 12.0 Å². The summed E-state index contributed by atoms with van der Waals surface area (Å²) < 4.78 is 0. The standard InChI is InChI=1S/C23H28N2O3/c1-3-10-17(16-11-6-5-7-12-16)20(21(26)24-15-4-2)25-22(27)18-13-8-9-14-19(18)23(25)28/h3,5-9,11-14,17,20,22-23,27-28H,1,4,10,15H2,2H3,(H,24,26). The Morgan fingerprint density at radius 3 is 2.21 bits per heavy atom. The van der Waals surface area contributed by atoms with Crippen LogP contribution in [0.4, 0.5) is 0 Å². The lowest BCUT2D eigenvalue weighted by molar-refractivity contribution is -0.149. The number of allylic oxidation sites excluding steroid dienone is 1. The fourth-order valence-electron chi connectivity index (χ4n) is 3.95. The maximum absolute atomic E-state index is 13.2. The smallest absolute Gasteiger partial charge is 0.238 e. The van der Waals surface area contributed by atoms with Crippen LogP contribution in [0.2, 0.25) is 0 Å². The summed E-state index contributed by atoms with van der Waals surface area (Å²) in [7, 11) is 0. The molecule has 4 atom stereocenters. The molecule has 0 saturated heterocycles. The molecule has 5 heteroatoms. The molecule has 1 aliphatic heterocycles. The summed E-state index contributed by atoms with van der Waals surface area (Å²) in [6, 6.07) is 16.2. The number of aliphatic hydroxyl groups is 2. The molecule has 0 radical (unpaired) electrons. The van der Waals surface area contributed by atoms with Gasteiger partial charge in [-0.05, 0) is 18.4 Å². The van der Waals surface area contributed by atoms with Crippen LogP contribution in [0.1, 0.15) is 54.8 Å². The quantitative estimate of drug-likeness (QED) is 0.615. The first kappa shape index (κ1) is 20.3. The summed E-state index contributed by atoms with van der Waals surface area (Å²) in [5, 5.41) is 24.9. The van der Waals surface area contributed by atoms with Crippen LogP contribution < -0.4 is 5.32 Å². The summed E-state index contributed by atoms with van der Waals surface area (Å²) in [6.45, 7) is 6.39. The van der Waals surface area contributed by atoms with Gasteiger partial charge in [0.2, 0.25) is 5.91 Å². The molecule has 0 aromatic heterocycles. The van der Waals surface area contributed by atoms with Crippen LogP contribution in [-0.4, -0.2) is 33.6 Å². The van der Waals surface area contributed by atoms with Crippen molar-refractivity contribution in [3.05, 3.63) is 83.9 Å². The van der Waals surface area contributed by atoms with Gasteiger partial charge in [0.1, 0.15) is 18.5 Å². The van der Waals surface area contributed by atoms with Crippen LogP contribution in [0.5, 0.6) is 0 Å². The van der Waals surface area contributed by atoms with Gasteiger partial charge in [0.05, 0.1) is 0 Å². The number of hydrogen-bond donors (Lipinski definition) is 3. The fourth-order valence-corrected chi connectivity index (χ4v) is 3.95. The number of carbonyl (C=O) groups excluding carboxylic acids is 1. The number of fused-ring (bicyclic) bond motifs is 1. The molecular weight excluding hydrogens is 352 g/mol. The molecule has 0 bridgehead atoms. The van der Waals surface area contributed by atoms with Gasteiger partial charge >= 0.3 is 0 Å². The summed E-state index contributed by atoms with van der Waals surface area (Å²) >= 11 is 0. The number of carbonyl (C=O) groups is 1. The molecule has 1 heterocycles. The highest BCUT2D eigenvalue weighted by molar-refractivity contribution is 5.83. The molecule has 0 fully saturated rings. The zero-order valence-electron chi connectivity index (χ0n) is 16.2. The maximum atomic E-state index is 13.2. The first-order chi connectivity index (χ1) is 13.6. The largest absolute Gasteiger partial charge is 0.374 e. The van der Waals surface area contributed by atoms with Gasteiger partial charge in [0.15, 0.2) is 0 Å². The van der Waals surface area contributed by atoms with Crippen molar-refractivity contribution in [1.29, 1.82) is 0 Å². The molecule has 4 unspecified atom stereocenters. The minimum Gasteiger partial charge on any atom is -0.374 e. The highest BCUT2D eigenvalue weighted by atomic mass is 16.3. The first-order valence-corrected chi connectivity index (χ1v) is 9.76. The van der Waals surface area contributed by atoms with E-state index >= 15 is 0 Å². The van der Waals surface area contributed by atoms with Gasteiger partial charge in [-0.3, -0.25) is 4.79 Å². The van der Waals surface area contributed by atoms with E-state index in [9.17, 15) is 15.0 Å². The molecule has 5 nitrogen and oxygen atoms in total. The Bertz CT molecular complexity index is 780. The topological polar surface area (TPSA) is 72.8 Å². The third-order valence-electron chi connectivity index (χ3n) is 5.29. The Morgan fingerprint density at radius 2 is 1.68 bits per heavy atom. The van der Waals surface area contributed by atoms with E-state index < -0.39 is 18.5 Å². The Hall–Kier alpha value is -2.47. The van der Waals surface area contributed by atoms with Gasteiger partial charge < -0.3 is 15.5 Å². The predicted molar refractivity (Wildman–Crippen MR) is 109 cm³/mol. The van der Waals surface area contributed by atoms with Gasteiger partial charge in [-0.1, -0.05) is 67.6 Å². The van der Waals surface area contributed by atoms with Crippen molar-refractivity contribution in [3.63, 3.8) is 0 Å². The summed E-state index contributed by atoms with van der Waals surface area (Å²) in [4.78, 5) is 14.7. The molecule has 0 spiro atoms. The first-order valence-electron chi connectivity index (χ1n) is 9.76. The number of nitrogens with zero attached hydrogens (tertiary/aromatic N) is 1. The molecule has 1 aliphatic rings. The van der Waals surface area contributed by atoms with Crippen molar-refractivity contribution >= 4 is 5.91 Å². The van der Waals surface area contributed by atoms with Crippen molar-refractivity contribution in [1.82, 2.24) is 10.2 Å². The molecule has 0 saturated carbocycles. The van der Waals surface area contributed by atoms with Crippen LogP contribution in [0, 0.1) is 0 Å². The zero-order chi connectivity index (χ0) is 20.1. The molecule has 0 aliphatic carbocycles. The molecule has 2 aromatic rings. The lowest BCUT2D eigenvalue weighted by Crippen LogP contribution is -2.51. The summed E-state index contributed by atoms with van der Waals surface area (Å²) in [5.74, 6) is -0.461. The second-order valence-electron chi connectivity index (χ2n) is 7.10. The van der Waals surface area contributed by atoms with Gasteiger partial charge in [0, 0.05) is 23.6 Å². The third-order valence-corrected chi connectivity index (χ3v) is 5.29. The van der Waals surface area contributed by atoms with E-state index in [-0.39, 0.29) is 11.8 Å². The van der Waals surface area contributed by atoms with Gasteiger partial charge in [-0.15, -0.1) is 6.58 Å². The molecule has 3 rings (SSSR count). The van der Waals surface area contributed by atoms with E-state index in [2.05, 4.69) is 11.9 Å². The Morgan fingerprint density at radius 1 is 1.11 bits per heavy atom. The highest BCUT2D eigenvalue weighted by Gasteiger charge is 2.46. The number of aliphatic hydroxyl groups excluding tert-OH is 2. The van der Waals surface area contributed by atoms with E-state index in [0.29, 0.717) is 24.1 Å².